The number of halogens is 1. The number of benzene rings is 3. The van der Waals surface area contributed by atoms with Crippen LogP contribution in [0.15, 0.2) is 73.1 Å². The Bertz CT molecular complexity index is 1840. The molecule has 5 amide bonds. The van der Waals surface area contributed by atoms with Gasteiger partial charge in [-0.05, 0) is 79.2 Å². The lowest BCUT2D eigenvalue weighted by Gasteiger charge is -2.22. The number of nitrogens with zero attached hydrogens (tertiary/aromatic N) is 5. The Morgan fingerprint density at radius 1 is 0.979 bits per heavy atom. The van der Waals surface area contributed by atoms with Crippen molar-refractivity contribution in [2.45, 2.75) is 38.8 Å². The minimum Gasteiger partial charge on any atom is -0.456 e. The van der Waals surface area contributed by atoms with E-state index in [1.54, 1.807) is 74.2 Å². The largest absolute Gasteiger partial charge is 0.456 e. The van der Waals surface area contributed by atoms with Crippen molar-refractivity contribution in [3.8, 4) is 5.69 Å². The molecule has 0 radical (unpaired) electrons. The summed E-state index contributed by atoms with van der Waals surface area (Å²) in [5.41, 5.74) is 1.23. The van der Waals surface area contributed by atoms with E-state index >= 15 is 0 Å². The molecule has 248 valence electrons. The van der Waals surface area contributed by atoms with Crippen LogP contribution in [-0.4, -0.2) is 74.7 Å². The van der Waals surface area contributed by atoms with Gasteiger partial charge in [0.25, 0.3) is 0 Å². The molecule has 0 saturated carbocycles. The maximum Gasteiger partial charge on any atom is 0.340 e. The molecule has 1 aliphatic rings. The van der Waals surface area contributed by atoms with Crippen LogP contribution in [0.5, 0.6) is 0 Å². The van der Waals surface area contributed by atoms with Gasteiger partial charge in [0.05, 0.1) is 22.6 Å². The van der Waals surface area contributed by atoms with Gasteiger partial charge < -0.3 is 26.0 Å². The van der Waals surface area contributed by atoms with Gasteiger partial charge in [-0.15, -0.1) is 5.10 Å². The molecule has 0 aliphatic carbocycles. The van der Waals surface area contributed by atoms with E-state index in [9.17, 15) is 24.0 Å². The molecule has 1 aromatic heterocycles. The number of carbonyl (C=O) groups excluding carboxylic acids is 5. The predicted octanol–water partition coefficient (Wildman–Crippen LogP) is 3.11. The fourth-order valence-corrected chi connectivity index (χ4v) is 4.95. The molecule has 1 aliphatic heterocycles. The van der Waals surface area contributed by atoms with E-state index < -0.39 is 35.3 Å². The number of urea groups is 1. The summed E-state index contributed by atoms with van der Waals surface area (Å²) in [6.45, 7) is 6.19. The lowest BCUT2D eigenvalue weighted by molar-refractivity contribution is -0.137. The molecule has 4 N–H and O–H groups in total. The van der Waals surface area contributed by atoms with E-state index in [4.69, 9.17) is 16.3 Å². The standard InChI is InChI=1S/C32H32ClN9O6/c1-32(2,3)48-30(46)22-6-4-5-7-23(22)36-27(43)25(16-19-8-11-21(12-9-19)41-15-14-34-31(41)47)38-29(45)28(44)37-24-17-20(33)10-13-26(24)42-18-35-39-40-42/h4-13,17-18,25H,14-16H2,1-3H3,(H,34,47)(H,36,43)(H,37,44)(H,38,45). The van der Waals surface area contributed by atoms with Gasteiger partial charge >= 0.3 is 23.8 Å². The molecule has 2 heterocycles. The predicted molar refractivity (Wildman–Crippen MR) is 176 cm³/mol. The first-order valence-electron chi connectivity index (χ1n) is 14.8. The SMILES string of the molecule is CC(C)(C)OC(=O)c1ccccc1NC(=O)C(Cc1ccc(N2CCNC2=O)cc1)NC(=O)C(=O)Nc1cc(Cl)ccc1-n1cnnn1. The third kappa shape index (κ3) is 8.30. The van der Waals surface area contributed by atoms with Crippen molar-refractivity contribution in [3.63, 3.8) is 0 Å². The summed E-state index contributed by atoms with van der Waals surface area (Å²) in [7, 11) is 0. The number of nitrogens with one attached hydrogen (secondary N) is 4. The molecule has 1 unspecified atom stereocenters. The van der Waals surface area contributed by atoms with Crippen LogP contribution in [-0.2, 0) is 25.5 Å². The second-order valence-electron chi connectivity index (χ2n) is 11.7. The molecule has 1 atom stereocenters. The Labute approximate surface area is 280 Å². The summed E-state index contributed by atoms with van der Waals surface area (Å²) in [5, 5.41) is 21.7. The minimum atomic E-state index is -1.28. The van der Waals surface area contributed by atoms with Crippen LogP contribution in [0.3, 0.4) is 0 Å². The minimum absolute atomic E-state index is 0.0427. The molecule has 0 spiro atoms. The summed E-state index contributed by atoms with van der Waals surface area (Å²) in [6, 6.07) is 16.2. The molecule has 3 aromatic carbocycles. The van der Waals surface area contributed by atoms with Crippen LogP contribution in [0.2, 0.25) is 5.02 Å². The fourth-order valence-electron chi connectivity index (χ4n) is 4.78. The van der Waals surface area contributed by atoms with Gasteiger partial charge in [0.15, 0.2) is 0 Å². The Hall–Kier alpha value is -5.83. The average molecular weight is 674 g/mol. The van der Waals surface area contributed by atoms with E-state index in [1.165, 1.54) is 29.2 Å². The van der Waals surface area contributed by atoms with Gasteiger partial charge in [0.1, 0.15) is 18.0 Å². The molecule has 0 bridgehead atoms. The monoisotopic (exact) mass is 673 g/mol. The van der Waals surface area contributed by atoms with E-state index in [1.807, 2.05) is 0 Å². The Balaban J connectivity index is 1.38. The highest BCUT2D eigenvalue weighted by Gasteiger charge is 2.28. The van der Waals surface area contributed by atoms with E-state index in [0.29, 0.717) is 30.0 Å². The zero-order chi connectivity index (χ0) is 34.4. The van der Waals surface area contributed by atoms with Gasteiger partial charge in [-0.1, -0.05) is 35.9 Å². The third-order valence-electron chi connectivity index (χ3n) is 6.98. The van der Waals surface area contributed by atoms with E-state index in [-0.39, 0.29) is 34.4 Å². The Morgan fingerprint density at radius 2 is 1.73 bits per heavy atom. The van der Waals surface area contributed by atoms with Crippen molar-refractivity contribution in [2.75, 3.05) is 28.6 Å². The highest BCUT2D eigenvalue weighted by Crippen LogP contribution is 2.24. The van der Waals surface area contributed by atoms with Gasteiger partial charge in [0.2, 0.25) is 5.91 Å². The number of aromatic nitrogens is 4. The number of hydrogen-bond acceptors (Lipinski definition) is 9. The first-order valence-corrected chi connectivity index (χ1v) is 15.2. The molecule has 5 rings (SSSR count). The van der Waals surface area contributed by atoms with Crippen LogP contribution in [0.1, 0.15) is 36.7 Å². The Kier molecular flexibility index (Phi) is 9.99. The number of ether oxygens (including phenoxy) is 1. The fraction of sp³-hybridized carbons (Fsp3) is 0.250. The van der Waals surface area contributed by atoms with Crippen molar-refractivity contribution >= 4 is 58.4 Å². The van der Waals surface area contributed by atoms with Crippen LogP contribution in [0, 0.1) is 0 Å². The number of tetrazole rings is 1. The van der Waals surface area contributed by atoms with Crippen molar-refractivity contribution in [1.29, 1.82) is 0 Å². The molecule has 1 saturated heterocycles. The Morgan fingerprint density at radius 3 is 2.40 bits per heavy atom. The summed E-state index contributed by atoms with van der Waals surface area (Å²) < 4.78 is 6.77. The zero-order valence-corrected chi connectivity index (χ0v) is 26.9. The topological polar surface area (TPSA) is 190 Å². The number of rotatable bonds is 9. The van der Waals surface area contributed by atoms with Crippen LogP contribution < -0.4 is 26.2 Å². The van der Waals surface area contributed by atoms with Crippen molar-refractivity contribution < 1.29 is 28.7 Å². The van der Waals surface area contributed by atoms with Crippen LogP contribution in [0.25, 0.3) is 5.69 Å². The normalized spacial score (nSPS) is 13.3. The smallest absolute Gasteiger partial charge is 0.340 e. The second kappa shape index (κ2) is 14.3. The first kappa shape index (κ1) is 33.5. The zero-order valence-electron chi connectivity index (χ0n) is 26.2. The number of anilines is 3. The highest BCUT2D eigenvalue weighted by atomic mass is 35.5. The summed E-state index contributed by atoms with van der Waals surface area (Å²) >= 11 is 6.14. The van der Waals surface area contributed by atoms with Crippen molar-refractivity contribution in [3.05, 3.63) is 89.2 Å². The maximum atomic E-state index is 13.8. The average Bonchev–Trinajstić information content (AvgIpc) is 3.73. The third-order valence-corrected chi connectivity index (χ3v) is 7.21. The molecule has 48 heavy (non-hydrogen) atoms. The number of esters is 1. The quantitative estimate of drug-likeness (QED) is 0.153. The van der Waals surface area contributed by atoms with E-state index in [0.717, 1.165) is 0 Å². The van der Waals surface area contributed by atoms with Crippen LogP contribution >= 0.6 is 11.6 Å². The molecular formula is C32H32ClN9O6. The summed E-state index contributed by atoms with van der Waals surface area (Å²) in [4.78, 5) is 66.8. The molecular weight excluding hydrogens is 642 g/mol. The maximum absolute atomic E-state index is 13.8. The van der Waals surface area contributed by atoms with Gasteiger partial charge in [-0.2, -0.15) is 4.68 Å². The summed E-state index contributed by atoms with van der Waals surface area (Å²) in [5.74, 6) is -3.57. The van der Waals surface area contributed by atoms with Gasteiger partial charge in [-0.25, -0.2) is 9.59 Å². The first-order chi connectivity index (χ1) is 22.9. The second-order valence-corrected chi connectivity index (χ2v) is 12.1. The van der Waals surface area contributed by atoms with Crippen molar-refractivity contribution in [2.24, 2.45) is 0 Å². The van der Waals surface area contributed by atoms with Gasteiger partial charge in [0, 0.05) is 30.2 Å². The lowest BCUT2D eigenvalue weighted by atomic mass is 10.0. The number of amides is 5. The molecule has 4 aromatic rings. The molecule has 16 heteroatoms. The summed E-state index contributed by atoms with van der Waals surface area (Å²) in [6.07, 6.45) is 1.26. The number of para-hydroxylation sites is 1. The van der Waals surface area contributed by atoms with E-state index in [2.05, 4.69) is 36.8 Å². The number of hydrogen-bond donors (Lipinski definition) is 4. The van der Waals surface area contributed by atoms with Gasteiger partial charge in [-0.3, -0.25) is 19.3 Å². The van der Waals surface area contributed by atoms with Crippen molar-refractivity contribution in [1.82, 2.24) is 30.8 Å². The molecule has 1 fully saturated rings. The van der Waals surface area contributed by atoms with Crippen LogP contribution in [0.4, 0.5) is 21.9 Å². The number of carbonyl (C=O) groups is 5. The lowest BCUT2D eigenvalue weighted by Crippen LogP contribution is -2.49. The molecule has 15 nitrogen and oxygen atoms in total. The highest BCUT2D eigenvalue weighted by molar-refractivity contribution is 6.40.